The summed E-state index contributed by atoms with van der Waals surface area (Å²) in [5.41, 5.74) is 2.91. The van der Waals surface area contributed by atoms with E-state index in [4.69, 9.17) is 9.47 Å². The van der Waals surface area contributed by atoms with E-state index in [0.717, 1.165) is 29.8 Å². The minimum absolute atomic E-state index is 0.112. The molecular weight excluding hydrogens is 388 g/mol. The standard InChI is InChI=1S/C26H30N2O3/c1-18-24-10-7-20(17-21(24)11-14-27-18)19-5-8-22(9-6-19)30-23-12-15-28(16-13-23)25(29)31-26(2,3)4/h5-11,14,17,23H,12-13,15-16H2,1-4H3. The normalized spacial score (nSPS) is 15.2. The predicted molar refractivity (Wildman–Crippen MR) is 123 cm³/mol. The van der Waals surface area contributed by atoms with E-state index in [2.05, 4.69) is 35.3 Å². The van der Waals surface area contributed by atoms with E-state index < -0.39 is 5.60 Å². The number of nitrogens with zero attached hydrogens (tertiary/aromatic N) is 2. The molecule has 1 aliphatic heterocycles. The number of piperidine rings is 1. The molecule has 0 atom stereocenters. The molecule has 0 N–H and O–H groups in total. The van der Waals surface area contributed by atoms with Gasteiger partial charge < -0.3 is 14.4 Å². The zero-order chi connectivity index (χ0) is 22.0. The molecule has 162 valence electrons. The van der Waals surface area contributed by atoms with Crippen LogP contribution in [0.5, 0.6) is 5.75 Å². The number of carbonyl (C=O) groups is 1. The zero-order valence-corrected chi connectivity index (χ0v) is 18.7. The number of ether oxygens (including phenoxy) is 2. The summed E-state index contributed by atoms with van der Waals surface area (Å²) < 4.78 is 11.6. The molecule has 2 heterocycles. The molecule has 5 heteroatoms. The highest BCUT2D eigenvalue weighted by Crippen LogP contribution is 2.28. The molecule has 4 rings (SSSR count). The summed E-state index contributed by atoms with van der Waals surface area (Å²) in [4.78, 5) is 18.3. The quantitative estimate of drug-likeness (QED) is 0.524. The Balaban J connectivity index is 1.36. The number of amides is 1. The fraction of sp³-hybridized carbons (Fsp3) is 0.385. The van der Waals surface area contributed by atoms with E-state index in [1.54, 1.807) is 4.90 Å². The molecule has 1 aliphatic rings. The van der Waals surface area contributed by atoms with E-state index in [-0.39, 0.29) is 12.2 Å². The Morgan fingerprint density at radius 1 is 1.00 bits per heavy atom. The molecule has 0 unspecified atom stereocenters. The van der Waals surface area contributed by atoms with Crippen LogP contribution in [0.1, 0.15) is 39.3 Å². The molecule has 2 aromatic carbocycles. The van der Waals surface area contributed by atoms with Gasteiger partial charge in [0.1, 0.15) is 17.5 Å². The highest BCUT2D eigenvalue weighted by Gasteiger charge is 2.27. The van der Waals surface area contributed by atoms with Crippen LogP contribution < -0.4 is 4.74 Å². The number of hydrogen-bond donors (Lipinski definition) is 0. The number of pyridine rings is 1. The van der Waals surface area contributed by atoms with Gasteiger partial charge in [-0.3, -0.25) is 4.98 Å². The molecule has 0 aliphatic carbocycles. The van der Waals surface area contributed by atoms with Crippen molar-refractivity contribution in [3.8, 4) is 16.9 Å². The molecule has 1 aromatic heterocycles. The second-order valence-electron chi connectivity index (χ2n) is 9.14. The van der Waals surface area contributed by atoms with E-state index in [9.17, 15) is 4.79 Å². The first kappa shape index (κ1) is 21.2. The van der Waals surface area contributed by atoms with Crippen molar-refractivity contribution in [3.05, 3.63) is 60.4 Å². The number of likely N-dealkylation sites (tertiary alicyclic amines) is 1. The minimum atomic E-state index is -0.465. The number of benzene rings is 2. The molecule has 1 amide bonds. The number of aryl methyl sites for hydroxylation is 1. The SMILES string of the molecule is Cc1nccc2cc(-c3ccc(OC4CCN(C(=O)OC(C)(C)C)CC4)cc3)ccc12. The van der Waals surface area contributed by atoms with Crippen molar-refractivity contribution in [2.24, 2.45) is 0 Å². The van der Waals surface area contributed by atoms with E-state index >= 15 is 0 Å². The molecule has 1 fully saturated rings. The number of aromatic nitrogens is 1. The lowest BCUT2D eigenvalue weighted by Gasteiger charge is -2.33. The van der Waals surface area contributed by atoms with Crippen molar-refractivity contribution in [1.82, 2.24) is 9.88 Å². The van der Waals surface area contributed by atoms with Crippen LogP contribution in [0.4, 0.5) is 4.79 Å². The largest absolute Gasteiger partial charge is 0.490 e. The third-order valence-electron chi connectivity index (χ3n) is 5.55. The summed E-state index contributed by atoms with van der Waals surface area (Å²) >= 11 is 0. The Bertz CT molecular complexity index is 1060. The molecule has 0 saturated carbocycles. The van der Waals surface area contributed by atoms with E-state index in [1.807, 2.05) is 52.1 Å². The van der Waals surface area contributed by atoms with Crippen LogP contribution >= 0.6 is 0 Å². The third kappa shape index (κ3) is 5.16. The van der Waals surface area contributed by atoms with Crippen molar-refractivity contribution >= 4 is 16.9 Å². The Labute approximate surface area is 184 Å². The maximum Gasteiger partial charge on any atom is 0.410 e. The van der Waals surface area contributed by atoms with Gasteiger partial charge in [0.2, 0.25) is 0 Å². The summed E-state index contributed by atoms with van der Waals surface area (Å²) in [5, 5.41) is 2.38. The maximum absolute atomic E-state index is 12.2. The smallest absolute Gasteiger partial charge is 0.410 e. The van der Waals surface area contributed by atoms with Crippen LogP contribution in [0.15, 0.2) is 54.7 Å². The number of hydrogen-bond acceptors (Lipinski definition) is 4. The number of rotatable bonds is 3. The molecular formula is C26H30N2O3. The van der Waals surface area contributed by atoms with Crippen LogP contribution in [0.3, 0.4) is 0 Å². The van der Waals surface area contributed by atoms with Gasteiger partial charge in [-0.1, -0.05) is 24.3 Å². The highest BCUT2D eigenvalue weighted by molar-refractivity contribution is 5.88. The number of carbonyl (C=O) groups excluding carboxylic acids is 1. The predicted octanol–water partition coefficient (Wildman–Crippen LogP) is 5.99. The lowest BCUT2D eigenvalue weighted by molar-refractivity contribution is 0.0126. The fourth-order valence-electron chi connectivity index (χ4n) is 3.91. The second-order valence-corrected chi connectivity index (χ2v) is 9.14. The van der Waals surface area contributed by atoms with Crippen LogP contribution in [0.2, 0.25) is 0 Å². The van der Waals surface area contributed by atoms with E-state index in [1.165, 1.54) is 16.3 Å². The monoisotopic (exact) mass is 418 g/mol. The van der Waals surface area contributed by atoms with Gasteiger partial charge in [-0.15, -0.1) is 0 Å². The molecule has 3 aromatic rings. The summed E-state index contributed by atoms with van der Waals surface area (Å²) in [7, 11) is 0. The zero-order valence-electron chi connectivity index (χ0n) is 18.7. The lowest BCUT2D eigenvalue weighted by Crippen LogP contribution is -2.44. The van der Waals surface area contributed by atoms with Gasteiger partial charge in [-0.05, 0) is 68.5 Å². The van der Waals surface area contributed by atoms with Crippen molar-refractivity contribution < 1.29 is 14.3 Å². The summed E-state index contributed by atoms with van der Waals surface area (Å²) in [6, 6.07) is 16.8. The molecule has 1 saturated heterocycles. The molecule has 31 heavy (non-hydrogen) atoms. The van der Waals surface area contributed by atoms with Crippen LogP contribution in [-0.4, -0.2) is 40.8 Å². The summed E-state index contributed by atoms with van der Waals surface area (Å²) in [6.45, 7) is 9.01. The summed E-state index contributed by atoms with van der Waals surface area (Å²) in [6.07, 6.45) is 3.34. The first-order valence-electron chi connectivity index (χ1n) is 10.9. The van der Waals surface area contributed by atoms with Gasteiger partial charge in [-0.25, -0.2) is 4.79 Å². The summed E-state index contributed by atoms with van der Waals surface area (Å²) in [5.74, 6) is 0.861. The van der Waals surface area contributed by atoms with Crippen LogP contribution in [0, 0.1) is 6.92 Å². The van der Waals surface area contributed by atoms with Crippen molar-refractivity contribution in [2.75, 3.05) is 13.1 Å². The van der Waals surface area contributed by atoms with Crippen LogP contribution in [0.25, 0.3) is 21.9 Å². The first-order chi connectivity index (χ1) is 14.8. The van der Waals surface area contributed by atoms with Crippen molar-refractivity contribution in [3.63, 3.8) is 0 Å². The van der Waals surface area contributed by atoms with Crippen molar-refractivity contribution in [2.45, 2.75) is 52.2 Å². The van der Waals surface area contributed by atoms with Crippen molar-refractivity contribution in [1.29, 1.82) is 0 Å². The topological polar surface area (TPSA) is 51.7 Å². The fourth-order valence-corrected chi connectivity index (χ4v) is 3.91. The maximum atomic E-state index is 12.2. The Morgan fingerprint density at radius 2 is 1.68 bits per heavy atom. The molecule has 5 nitrogen and oxygen atoms in total. The van der Waals surface area contributed by atoms with Gasteiger partial charge in [0.05, 0.1) is 0 Å². The van der Waals surface area contributed by atoms with Gasteiger partial charge in [0, 0.05) is 43.2 Å². The molecule has 0 bridgehead atoms. The van der Waals surface area contributed by atoms with Gasteiger partial charge in [-0.2, -0.15) is 0 Å². The molecule has 0 spiro atoms. The van der Waals surface area contributed by atoms with Gasteiger partial charge in [0.25, 0.3) is 0 Å². The Morgan fingerprint density at radius 3 is 2.35 bits per heavy atom. The Kier molecular flexibility index (Phi) is 5.86. The first-order valence-corrected chi connectivity index (χ1v) is 10.9. The second kappa shape index (κ2) is 8.58. The van der Waals surface area contributed by atoms with Crippen LogP contribution in [-0.2, 0) is 4.74 Å². The van der Waals surface area contributed by atoms with Gasteiger partial charge in [0.15, 0.2) is 0 Å². The molecule has 0 radical (unpaired) electrons. The third-order valence-corrected chi connectivity index (χ3v) is 5.55. The van der Waals surface area contributed by atoms with Gasteiger partial charge >= 0.3 is 6.09 Å². The number of fused-ring (bicyclic) bond motifs is 1. The minimum Gasteiger partial charge on any atom is -0.490 e. The lowest BCUT2D eigenvalue weighted by atomic mass is 10.0. The highest BCUT2D eigenvalue weighted by atomic mass is 16.6. The average molecular weight is 419 g/mol. The Hall–Kier alpha value is -3.08. The average Bonchev–Trinajstić information content (AvgIpc) is 2.73. The van der Waals surface area contributed by atoms with E-state index in [0.29, 0.717) is 13.1 Å².